The van der Waals surface area contributed by atoms with Gasteiger partial charge in [0.05, 0.1) is 5.57 Å². The molecule has 0 heterocycles. The summed E-state index contributed by atoms with van der Waals surface area (Å²) in [6, 6.07) is 0. The summed E-state index contributed by atoms with van der Waals surface area (Å²) in [4.78, 5) is 13.0. The fourth-order valence-electron chi connectivity index (χ4n) is 2.90. The van der Waals surface area contributed by atoms with Gasteiger partial charge in [0, 0.05) is 12.0 Å². The smallest absolute Gasteiger partial charge is 0.206 e. The van der Waals surface area contributed by atoms with Gasteiger partial charge in [0.1, 0.15) is 11.5 Å². The van der Waals surface area contributed by atoms with E-state index >= 15 is 0 Å². The highest BCUT2D eigenvalue weighted by Gasteiger charge is 2.48. The number of Topliss-reactive ketones (excluding diaryl/α,β-unsaturated/α-hetero) is 1. The molecule has 0 aromatic rings. The van der Waals surface area contributed by atoms with Crippen LogP contribution in [0.4, 0.5) is 0 Å². The molecule has 1 aliphatic carbocycles. The summed E-state index contributed by atoms with van der Waals surface area (Å²) in [6.45, 7) is 15.4. The average molecular weight is 360 g/mol. The zero-order valence-electron chi connectivity index (χ0n) is 16.8. The fraction of sp³-hybridized carbons (Fsp3) is 0.500. The minimum atomic E-state index is -2.08. The Balaban J connectivity index is 3.57. The lowest BCUT2D eigenvalue weighted by atomic mass is 9.76. The van der Waals surface area contributed by atoms with Gasteiger partial charge < -0.3 is 15.3 Å². The first-order valence-corrected chi connectivity index (χ1v) is 9.00. The first-order chi connectivity index (χ1) is 11.9. The van der Waals surface area contributed by atoms with Gasteiger partial charge >= 0.3 is 0 Å². The van der Waals surface area contributed by atoms with Crippen molar-refractivity contribution in [2.45, 2.75) is 66.4 Å². The van der Waals surface area contributed by atoms with E-state index in [0.29, 0.717) is 12.0 Å². The first-order valence-electron chi connectivity index (χ1n) is 9.00. The quantitative estimate of drug-likeness (QED) is 0.543. The van der Waals surface area contributed by atoms with Crippen molar-refractivity contribution in [1.29, 1.82) is 0 Å². The summed E-state index contributed by atoms with van der Waals surface area (Å²) in [5.41, 5.74) is 0.523. The van der Waals surface area contributed by atoms with Crippen LogP contribution >= 0.6 is 0 Å². The van der Waals surface area contributed by atoms with E-state index in [4.69, 9.17) is 0 Å². The van der Waals surface area contributed by atoms with Gasteiger partial charge in [-0.05, 0) is 52.0 Å². The SMILES string of the molecule is C=C(CC(C)C)C1=C(O)C(CC=C(C)C)=C(O)C(O)(CC=C(C)C)C1=O. The van der Waals surface area contributed by atoms with E-state index in [1.54, 1.807) is 6.08 Å². The zero-order valence-corrected chi connectivity index (χ0v) is 16.8. The predicted molar refractivity (Wildman–Crippen MR) is 106 cm³/mol. The van der Waals surface area contributed by atoms with Gasteiger partial charge in [0.15, 0.2) is 5.60 Å². The van der Waals surface area contributed by atoms with E-state index in [2.05, 4.69) is 6.58 Å². The van der Waals surface area contributed by atoms with Crippen molar-refractivity contribution < 1.29 is 20.1 Å². The van der Waals surface area contributed by atoms with Gasteiger partial charge in [-0.15, -0.1) is 0 Å². The minimum Gasteiger partial charge on any atom is -0.508 e. The molecule has 0 bridgehead atoms. The Bertz CT molecular complexity index is 708. The van der Waals surface area contributed by atoms with Gasteiger partial charge in [0.25, 0.3) is 0 Å². The van der Waals surface area contributed by atoms with Crippen LogP contribution in [0.1, 0.15) is 60.8 Å². The maximum atomic E-state index is 13.0. The second-order valence-corrected chi connectivity index (χ2v) is 7.91. The van der Waals surface area contributed by atoms with Crippen molar-refractivity contribution >= 4 is 5.78 Å². The van der Waals surface area contributed by atoms with Crippen LogP contribution in [0.3, 0.4) is 0 Å². The van der Waals surface area contributed by atoms with Crippen LogP contribution in [0.2, 0.25) is 0 Å². The van der Waals surface area contributed by atoms with Crippen molar-refractivity contribution in [2.75, 3.05) is 0 Å². The maximum absolute atomic E-state index is 13.0. The molecule has 0 saturated carbocycles. The summed E-state index contributed by atoms with van der Waals surface area (Å²) < 4.78 is 0. The van der Waals surface area contributed by atoms with E-state index in [-0.39, 0.29) is 35.7 Å². The van der Waals surface area contributed by atoms with Crippen molar-refractivity contribution in [3.8, 4) is 0 Å². The molecule has 4 heteroatoms. The largest absolute Gasteiger partial charge is 0.508 e. The molecular formula is C22H32O4. The average Bonchev–Trinajstić information content (AvgIpc) is 2.50. The van der Waals surface area contributed by atoms with Gasteiger partial charge in [-0.1, -0.05) is 43.7 Å². The Labute approximate surface area is 156 Å². The van der Waals surface area contributed by atoms with Crippen LogP contribution in [-0.4, -0.2) is 26.7 Å². The highest BCUT2D eigenvalue weighted by Crippen LogP contribution is 2.40. The van der Waals surface area contributed by atoms with Crippen LogP contribution in [0.5, 0.6) is 0 Å². The number of carbonyl (C=O) groups excluding carboxylic acids is 1. The number of aliphatic hydroxyl groups excluding tert-OH is 2. The van der Waals surface area contributed by atoms with E-state index in [9.17, 15) is 20.1 Å². The van der Waals surface area contributed by atoms with Crippen LogP contribution in [0.25, 0.3) is 0 Å². The number of carbonyl (C=O) groups is 1. The van der Waals surface area contributed by atoms with Crippen LogP contribution < -0.4 is 0 Å². The molecular weight excluding hydrogens is 328 g/mol. The first kappa shape index (κ1) is 22.0. The summed E-state index contributed by atoms with van der Waals surface area (Å²) in [5, 5.41) is 32.4. The van der Waals surface area contributed by atoms with Gasteiger partial charge in [0.2, 0.25) is 5.78 Å². The molecule has 1 atom stereocenters. The van der Waals surface area contributed by atoms with Crippen LogP contribution in [0.15, 0.2) is 58.1 Å². The molecule has 1 unspecified atom stereocenters. The highest BCUT2D eigenvalue weighted by atomic mass is 16.3. The lowest BCUT2D eigenvalue weighted by Crippen LogP contribution is -2.45. The van der Waals surface area contributed by atoms with Crippen LogP contribution in [0, 0.1) is 5.92 Å². The predicted octanol–water partition coefficient (Wildman–Crippen LogP) is 5.24. The molecule has 1 aliphatic rings. The van der Waals surface area contributed by atoms with E-state index in [1.807, 2.05) is 47.6 Å². The summed E-state index contributed by atoms with van der Waals surface area (Å²) >= 11 is 0. The van der Waals surface area contributed by atoms with Gasteiger partial charge in [-0.2, -0.15) is 0 Å². The number of ketones is 1. The molecule has 144 valence electrons. The standard InChI is InChI=1S/C22H32O4/c1-13(2)8-9-17-19(23)18(16(7)12-15(5)6)21(25)22(26,20(17)24)11-10-14(3)4/h8,10,15,23-24,26H,7,9,11-12H2,1-6H3. The molecule has 0 spiro atoms. The number of aliphatic hydroxyl groups is 3. The molecule has 0 aliphatic heterocycles. The van der Waals surface area contributed by atoms with E-state index in [0.717, 1.165) is 11.1 Å². The Morgan fingerprint density at radius 2 is 1.65 bits per heavy atom. The highest BCUT2D eigenvalue weighted by molar-refractivity contribution is 6.09. The van der Waals surface area contributed by atoms with Crippen molar-refractivity contribution in [1.82, 2.24) is 0 Å². The number of hydrogen-bond donors (Lipinski definition) is 3. The third-order valence-electron chi connectivity index (χ3n) is 4.33. The third kappa shape index (κ3) is 4.76. The normalized spacial score (nSPS) is 20.5. The maximum Gasteiger partial charge on any atom is 0.206 e. The Hall–Kier alpha value is -2.07. The molecule has 0 radical (unpaired) electrons. The van der Waals surface area contributed by atoms with Crippen molar-refractivity contribution in [3.05, 3.63) is 58.1 Å². The number of rotatable bonds is 7. The fourth-order valence-corrected chi connectivity index (χ4v) is 2.90. The molecule has 4 nitrogen and oxygen atoms in total. The van der Waals surface area contributed by atoms with Crippen LogP contribution in [-0.2, 0) is 4.79 Å². The van der Waals surface area contributed by atoms with Gasteiger partial charge in [-0.25, -0.2) is 0 Å². The monoisotopic (exact) mass is 360 g/mol. The Morgan fingerprint density at radius 1 is 1.12 bits per heavy atom. The summed E-state index contributed by atoms with van der Waals surface area (Å²) in [6.07, 6.45) is 4.23. The Morgan fingerprint density at radius 3 is 2.12 bits per heavy atom. The molecule has 1 rings (SSSR count). The zero-order chi connectivity index (χ0) is 20.2. The van der Waals surface area contributed by atoms with E-state index < -0.39 is 17.1 Å². The minimum absolute atomic E-state index is 0.0262. The molecule has 0 fully saturated rings. The molecule has 0 amide bonds. The topological polar surface area (TPSA) is 77.8 Å². The number of allylic oxidation sites excluding steroid dienone is 5. The molecule has 0 saturated heterocycles. The second-order valence-electron chi connectivity index (χ2n) is 7.91. The second kappa shape index (κ2) is 8.54. The molecule has 26 heavy (non-hydrogen) atoms. The summed E-state index contributed by atoms with van der Waals surface area (Å²) in [5.74, 6) is -1.22. The Kier molecular flexibility index (Phi) is 7.22. The van der Waals surface area contributed by atoms with Crippen molar-refractivity contribution in [2.24, 2.45) is 5.92 Å². The third-order valence-corrected chi connectivity index (χ3v) is 4.33. The van der Waals surface area contributed by atoms with Gasteiger partial charge in [-0.3, -0.25) is 4.79 Å². The molecule has 0 aromatic carbocycles. The lowest BCUT2D eigenvalue weighted by Gasteiger charge is -2.33. The summed E-state index contributed by atoms with van der Waals surface area (Å²) in [7, 11) is 0. The molecule has 3 N–H and O–H groups in total. The lowest BCUT2D eigenvalue weighted by molar-refractivity contribution is -0.132. The van der Waals surface area contributed by atoms with E-state index in [1.165, 1.54) is 0 Å². The van der Waals surface area contributed by atoms with Crippen molar-refractivity contribution in [3.63, 3.8) is 0 Å². The molecule has 0 aromatic heterocycles. The number of hydrogen-bond acceptors (Lipinski definition) is 4.